The van der Waals surface area contributed by atoms with Gasteiger partial charge in [0.05, 0.1) is 10.6 Å². The molecule has 0 fully saturated rings. The van der Waals surface area contributed by atoms with Crippen molar-refractivity contribution in [2.75, 3.05) is 4.90 Å². The molecule has 1 aliphatic heterocycles. The highest BCUT2D eigenvalue weighted by atomic mass is 35.5. The molecule has 7 heteroatoms. The number of anilines is 1. The molecule has 2 aromatic rings. The van der Waals surface area contributed by atoms with E-state index >= 15 is 0 Å². The molecule has 0 aromatic heterocycles. The molecule has 1 atom stereocenters. The second kappa shape index (κ2) is 7.44. The van der Waals surface area contributed by atoms with E-state index in [9.17, 15) is 19.7 Å². The van der Waals surface area contributed by atoms with Crippen LogP contribution in [0.15, 0.2) is 53.7 Å². The van der Waals surface area contributed by atoms with Crippen molar-refractivity contribution < 1.29 is 14.5 Å². The number of nitrogens with zero attached hydrogens (tertiary/aromatic N) is 2. The van der Waals surface area contributed by atoms with Crippen LogP contribution < -0.4 is 4.90 Å². The summed E-state index contributed by atoms with van der Waals surface area (Å²) in [6.07, 6.45) is 1.89. The summed E-state index contributed by atoms with van der Waals surface area (Å²) >= 11 is 6.27. The average Bonchev–Trinajstić information content (AvgIpc) is 2.70. The van der Waals surface area contributed by atoms with Crippen molar-refractivity contribution in [3.05, 3.63) is 80.0 Å². The van der Waals surface area contributed by atoms with Crippen LogP contribution in [-0.4, -0.2) is 16.6 Å². The summed E-state index contributed by atoms with van der Waals surface area (Å²) in [4.78, 5) is 38.1. The van der Waals surface area contributed by atoms with Crippen molar-refractivity contribution in [3.8, 4) is 0 Å². The molecule has 1 heterocycles. The molecule has 0 saturated carbocycles. The van der Waals surface area contributed by atoms with Crippen molar-refractivity contribution in [2.45, 2.75) is 38.5 Å². The van der Waals surface area contributed by atoms with Crippen LogP contribution in [0.3, 0.4) is 0 Å². The summed E-state index contributed by atoms with van der Waals surface area (Å²) in [6.45, 7) is 1.89. The van der Waals surface area contributed by atoms with Crippen LogP contribution in [0, 0.1) is 17.0 Å². The predicted molar refractivity (Wildman–Crippen MR) is 110 cm³/mol. The van der Waals surface area contributed by atoms with Gasteiger partial charge < -0.3 is 0 Å². The number of hydrogen-bond donors (Lipinski definition) is 0. The fourth-order valence-corrected chi connectivity index (χ4v) is 4.30. The maximum atomic E-state index is 13.1. The molecule has 1 unspecified atom stereocenters. The summed E-state index contributed by atoms with van der Waals surface area (Å²) < 4.78 is 0. The number of allylic oxidation sites excluding steroid dienone is 2. The van der Waals surface area contributed by atoms with Gasteiger partial charge in [0.1, 0.15) is 0 Å². The Hall–Kier alpha value is -2.99. The van der Waals surface area contributed by atoms with Crippen LogP contribution in [0.4, 0.5) is 11.4 Å². The molecule has 4 rings (SSSR count). The van der Waals surface area contributed by atoms with Gasteiger partial charge in [0.25, 0.3) is 5.69 Å². The van der Waals surface area contributed by atoms with Gasteiger partial charge >= 0.3 is 0 Å². The van der Waals surface area contributed by atoms with E-state index in [0.717, 1.165) is 16.8 Å². The number of non-ortho nitro benzene ring substituents is 1. The van der Waals surface area contributed by atoms with Crippen molar-refractivity contribution in [3.63, 3.8) is 0 Å². The third-order valence-electron chi connectivity index (χ3n) is 5.60. The average molecular weight is 411 g/mol. The van der Waals surface area contributed by atoms with Gasteiger partial charge in [-0.3, -0.25) is 24.6 Å². The van der Waals surface area contributed by atoms with Crippen LogP contribution in [-0.2, 0) is 9.59 Å². The largest absolute Gasteiger partial charge is 0.294 e. The third kappa shape index (κ3) is 3.44. The fraction of sp³-hybridized carbons (Fsp3) is 0.273. The Labute approximate surface area is 172 Å². The number of aryl methyl sites for hydroxylation is 1. The van der Waals surface area contributed by atoms with Crippen molar-refractivity contribution in [2.24, 2.45) is 0 Å². The first kappa shape index (κ1) is 19.3. The zero-order valence-electron chi connectivity index (χ0n) is 15.9. The van der Waals surface area contributed by atoms with Gasteiger partial charge in [0, 0.05) is 47.2 Å². The highest BCUT2D eigenvalue weighted by Crippen LogP contribution is 2.44. The van der Waals surface area contributed by atoms with E-state index in [1.54, 1.807) is 23.1 Å². The van der Waals surface area contributed by atoms with Gasteiger partial charge in [-0.1, -0.05) is 29.8 Å². The zero-order chi connectivity index (χ0) is 20.7. The van der Waals surface area contributed by atoms with Crippen molar-refractivity contribution in [1.29, 1.82) is 0 Å². The summed E-state index contributed by atoms with van der Waals surface area (Å²) in [5.74, 6) is -0.463. The van der Waals surface area contributed by atoms with Crippen LogP contribution in [0.1, 0.15) is 42.7 Å². The molecule has 0 N–H and O–H groups in total. The van der Waals surface area contributed by atoms with E-state index in [1.807, 2.05) is 19.1 Å². The van der Waals surface area contributed by atoms with E-state index in [2.05, 4.69) is 0 Å². The first-order chi connectivity index (χ1) is 13.9. The lowest BCUT2D eigenvalue weighted by atomic mass is 9.77. The number of carbonyl (C=O) groups is 2. The van der Waals surface area contributed by atoms with Crippen LogP contribution in [0.25, 0.3) is 0 Å². The summed E-state index contributed by atoms with van der Waals surface area (Å²) in [6, 6.07) is 11.6. The quantitative estimate of drug-likeness (QED) is 0.521. The number of ketones is 1. The van der Waals surface area contributed by atoms with E-state index in [1.165, 1.54) is 12.1 Å². The number of nitro benzene ring substituents is 1. The zero-order valence-corrected chi connectivity index (χ0v) is 16.6. The molecule has 29 heavy (non-hydrogen) atoms. The number of nitro groups is 1. The topological polar surface area (TPSA) is 80.5 Å². The molecule has 2 aliphatic rings. The molecule has 6 nitrogen and oxygen atoms in total. The number of amides is 1. The lowest BCUT2D eigenvalue weighted by molar-refractivity contribution is -0.384. The van der Waals surface area contributed by atoms with E-state index in [4.69, 9.17) is 11.6 Å². The van der Waals surface area contributed by atoms with E-state index in [0.29, 0.717) is 35.5 Å². The van der Waals surface area contributed by atoms with Crippen LogP contribution in [0.2, 0.25) is 5.02 Å². The Balaban J connectivity index is 1.82. The molecule has 148 valence electrons. The summed E-state index contributed by atoms with van der Waals surface area (Å²) in [7, 11) is 0. The minimum Gasteiger partial charge on any atom is -0.294 e. The van der Waals surface area contributed by atoms with Crippen molar-refractivity contribution in [1.82, 2.24) is 0 Å². The maximum absolute atomic E-state index is 13.1. The second-order valence-electron chi connectivity index (χ2n) is 7.41. The molecular formula is C22H19ClN2O4. The molecular weight excluding hydrogens is 392 g/mol. The van der Waals surface area contributed by atoms with Crippen LogP contribution >= 0.6 is 11.6 Å². The van der Waals surface area contributed by atoms with Gasteiger partial charge in [0.15, 0.2) is 5.78 Å². The standard InChI is InChI=1S/C22H19ClN2O4/c1-13-5-8-16(11-18(13)23)24-19-3-2-4-20(26)22(19)17(12-21(24)27)14-6-9-15(10-7-14)25(28)29/h5-11,17H,2-4,12H2,1H3. The minimum absolute atomic E-state index is 0.0176. The summed E-state index contributed by atoms with van der Waals surface area (Å²) in [5.41, 5.74) is 3.67. The number of halogens is 1. The number of Topliss-reactive ketones (excluding diaryl/α,β-unsaturated/α-hetero) is 1. The van der Waals surface area contributed by atoms with Gasteiger partial charge in [-0.05, 0) is 43.0 Å². The first-order valence-electron chi connectivity index (χ1n) is 9.46. The van der Waals surface area contributed by atoms with Gasteiger partial charge in [-0.2, -0.15) is 0 Å². The molecule has 1 aliphatic carbocycles. The smallest absolute Gasteiger partial charge is 0.269 e. The Kier molecular flexibility index (Phi) is 4.96. The van der Waals surface area contributed by atoms with Crippen molar-refractivity contribution >= 4 is 34.7 Å². The normalized spacial score (nSPS) is 19.4. The monoisotopic (exact) mass is 410 g/mol. The second-order valence-corrected chi connectivity index (χ2v) is 7.81. The Bertz CT molecular complexity index is 1060. The summed E-state index contributed by atoms with van der Waals surface area (Å²) in [5, 5.41) is 11.5. The Morgan fingerprint density at radius 3 is 2.48 bits per heavy atom. The maximum Gasteiger partial charge on any atom is 0.269 e. The van der Waals surface area contributed by atoms with Gasteiger partial charge in [0.2, 0.25) is 5.91 Å². The molecule has 2 aromatic carbocycles. The highest BCUT2D eigenvalue weighted by molar-refractivity contribution is 6.31. The van der Waals surface area contributed by atoms with Gasteiger partial charge in [-0.25, -0.2) is 0 Å². The minimum atomic E-state index is -0.463. The number of rotatable bonds is 3. The lowest BCUT2D eigenvalue weighted by Crippen LogP contribution is -2.40. The number of carbonyl (C=O) groups excluding carboxylic acids is 2. The molecule has 0 saturated heterocycles. The SMILES string of the molecule is Cc1ccc(N2C(=O)CC(c3ccc([N+](=O)[O-])cc3)C3=C2CCCC3=O)cc1Cl. The molecule has 0 spiro atoms. The highest BCUT2D eigenvalue weighted by Gasteiger charge is 2.39. The molecule has 0 bridgehead atoms. The Morgan fingerprint density at radius 2 is 1.83 bits per heavy atom. The lowest BCUT2D eigenvalue weighted by Gasteiger charge is -2.38. The fourth-order valence-electron chi connectivity index (χ4n) is 4.13. The van der Waals surface area contributed by atoms with Crippen LogP contribution in [0.5, 0.6) is 0 Å². The third-order valence-corrected chi connectivity index (χ3v) is 6.00. The first-order valence-corrected chi connectivity index (χ1v) is 9.84. The van der Waals surface area contributed by atoms with E-state index < -0.39 is 4.92 Å². The Morgan fingerprint density at radius 1 is 1.10 bits per heavy atom. The number of benzene rings is 2. The molecule has 0 radical (unpaired) electrons. The number of hydrogen-bond acceptors (Lipinski definition) is 4. The van der Waals surface area contributed by atoms with E-state index in [-0.39, 0.29) is 29.7 Å². The van der Waals surface area contributed by atoms with Gasteiger partial charge in [-0.15, -0.1) is 0 Å². The molecule has 1 amide bonds. The predicted octanol–water partition coefficient (Wildman–Crippen LogP) is 5.08.